The summed E-state index contributed by atoms with van der Waals surface area (Å²) in [6.45, 7) is 3.90. The lowest BCUT2D eigenvalue weighted by atomic mass is 9.94. The van der Waals surface area contributed by atoms with Crippen LogP contribution in [0.15, 0.2) is 24.3 Å². The maximum absolute atomic E-state index is 12.3. The number of amides is 2. The van der Waals surface area contributed by atoms with Gasteiger partial charge < -0.3 is 15.3 Å². The molecule has 1 saturated carbocycles. The average molecular weight is 345 g/mol. The number of carboxylic acids is 1. The Labute approximate surface area is 148 Å². The Balaban J connectivity index is 1.42. The molecule has 1 aliphatic carbocycles. The smallest absolute Gasteiger partial charge is 0.335 e. The fourth-order valence-corrected chi connectivity index (χ4v) is 3.79. The summed E-state index contributed by atoms with van der Waals surface area (Å²) in [6.07, 6.45) is 6.65. The standard InChI is InChI=1S/C19H27N3O3/c23-18(24)16-8-6-15(7-9-16)14-20-19(25)22-12-10-21(11-13-22)17-4-2-1-3-5-17/h6-9,17H,1-5,10-14H2,(H,20,25)(H,23,24). The predicted molar refractivity (Wildman–Crippen MR) is 95.7 cm³/mol. The Hall–Kier alpha value is -2.08. The lowest BCUT2D eigenvalue weighted by Crippen LogP contribution is -2.54. The number of aromatic carboxylic acids is 1. The van der Waals surface area contributed by atoms with Crippen molar-refractivity contribution in [1.29, 1.82) is 0 Å². The van der Waals surface area contributed by atoms with Crippen molar-refractivity contribution in [1.82, 2.24) is 15.1 Å². The first-order chi connectivity index (χ1) is 12.1. The number of urea groups is 1. The number of carboxylic acid groups (broad SMARTS) is 1. The van der Waals surface area contributed by atoms with Crippen LogP contribution in [0.2, 0.25) is 0 Å². The molecule has 136 valence electrons. The third-order valence-corrected chi connectivity index (χ3v) is 5.34. The summed E-state index contributed by atoms with van der Waals surface area (Å²) in [5.41, 5.74) is 1.16. The molecule has 0 spiro atoms. The molecule has 25 heavy (non-hydrogen) atoms. The Morgan fingerprint density at radius 2 is 1.64 bits per heavy atom. The maximum Gasteiger partial charge on any atom is 0.335 e. The second kappa shape index (κ2) is 8.34. The van der Waals surface area contributed by atoms with E-state index >= 15 is 0 Å². The normalized spacial score (nSPS) is 19.6. The van der Waals surface area contributed by atoms with Gasteiger partial charge in [0.1, 0.15) is 0 Å². The first kappa shape index (κ1) is 17.7. The Morgan fingerprint density at radius 1 is 1.00 bits per heavy atom. The van der Waals surface area contributed by atoms with E-state index in [0.717, 1.165) is 31.7 Å². The number of benzene rings is 1. The molecule has 0 bridgehead atoms. The quantitative estimate of drug-likeness (QED) is 0.880. The summed E-state index contributed by atoms with van der Waals surface area (Å²) >= 11 is 0. The van der Waals surface area contributed by atoms with Crippen LogP contribution in [0.1, 0.15) is 48.0 Å². The zero-order valence-corrected chi connectivity index (χ0v) is 14.6. The topological polar surface area (TPSA) is 72.9 Å². The molecule has 2 N–H and O–H groups in total. The Bertz CT molecular complexity index is 588. The van der Waals surface area contributed by atoms with Crippen LogP contribution >= 0.6 is 0 Å². The van der Waals surface area contributed by atoms with E-state index in [1.807, 2.05) is 4.90 Å². The summed E-state index contributed by atoms with van der Waals surface area (Å²) in [5, 5.41) is 11.8. The highest BCUT2D eigenvalue weighted by Gasteiger charge is 2.26. The van der Waals surface area contributed by atoms with Gasteiger partial charge in [-0.05, 0) is 30.5 Å². The van der Waals surface area contributed by atoms with E-state index in [9.17, 15) is 9.59 Å². The van der Waals surface area contributed by atoms with Gasteiger partial charge in [-0.2, -0.15) is 0 Å². The number of piperazine rings is 1. The largest absolute Gasteiger partial charge is 0.478 e. The van der Waals surface area contributed by atoms with Crippen molar-refractivity contribution < 1.29 is 14.7 Å². The molecule has 0 atom stereocenters. The number of nitrogens with zero attached hydrogens (tertiary/aromatic N) is 2. The number of carbonyl (C=O) groups is 2. The van der Waals surface area contributed by atoms with Crippen molar-refractivity contribution in [2.45, 2.75) is 44.7 Å². The lowest BCUT2D eigenvalue weighted by Gasteiger charge is -2.40. The molecule has 2 fully saturated rings. The molecule has 1 heterocycles. The van der Waals surface area contributed by atoms with Gasteiger partial charge in [-0.3, -0.25) is 4.90 Å². The van der Waals surface area contributed by atoms with Crippen LogP contribution in [-0.4, -0.2) is 59.1 Å². The number of carbonyl (C=O) groups excluding carboxylic acids is 1. The van der Waals surface area contributed by atoms with Crippen LogP contribution in [0, 0.1) is 0 Å². The summed E-state index contributed by atoms with van der Waals surface area (Å²) in [4.78, 5) is 27.6. The number of rotatable bonds is 4. The Kier molecular flexibility index (Phi) is 5.91. The van der Waals surface area contributed by atoms with Gasteiger partial charge in [-0.15, -0.1) is 0 Å². The molecule has 6 heteroatoms. The second-order valence-corrected chi connectivity index (χ2v) is 6.98. The maximum atomic E-state index is 12.3. The van der Waals surface area contributed by atoms with Crippen molar-refractivity contribution in [2.24, 2.45) is 0 Å². The minimum atomic E-state index is -0.938. The summed E-state index contributed by atoms with van der Waals surface area (Å²) in [5.74, 6) is -0.938. The molecule has 1 aromatic rings. The lowest BCUT2D eigenvalue weighted by molar-refractivity contribution is 0.0696. The molecule has 0 aromatic heterocycles. The fraction of sp³-hybridized carbons (Fsp3) is 0.579. The number of hydrogen-bond donors (Lipinski definition) is 2. The van der Waals surface area contributed by atoms with Crippen LogP contribution in [0.25, 0.3) is 0 Å². The van der Waals surface area contributed by atoms with E-state index in [0.29, 0.717) is 12.6 Å². The van der Waals surface area contributed by atoms with Crippen molar-refractivity contribution >= 4 is 12.0 Å². The summed E-state index contributed by atoms with van der Waals surface area (Å²) in [6, 6.07) is 7.28. The summed E-state index contributed by atoms with van der Waals surface area (Å²) in [7, 11) is 0. The molecular weight excluding hydrogens is 318 g/mol. The van der Waals surface area contributed by atoms with E-state index in [1.165, 1.54) is 32.1 Å². The highest BCUT2D eigenvalue weighted by molar-refractivity contribution is 5.87. The first-order valence-corrected chi connectivity index (χ1v) is 9.22. The van der Waals surface area contributed by atoms with Crippen molar-refractivity contribution in [2.75, 3.05) is 26.2 Å². The van der Waals surface area contributed by atoms with Gasteiger partial charge in [0, 0.05) is 38.8 Å². The molecule has 0 radical (unpaired) electrons. The van der Waals surface area contributed by atoms with Gasteiger partial charge in [-0.25, -0.2) is 9.59 Å². The van der Waals surface area contributed by atoms with Crippen LogP contribution in [0.5, 0.6) is 0 Å². The fourth-order valence-electron chi connectivity index (χ4n) is 3.79. The predicted octanol–water partition coefficient (Wildman–Crippen LogP) is 2.54. The van der Waals surface area contributed by atoms with Gasteiger partial charge in [0.2, 0.25) is 0 Å². The van der Waals surface area contributed by atoms with Crippen LogP contribution in [0.4, 0.5) is 4.79 Å². The SMILES string of the molecule is O=C(O)c1ccc(CNC(=O)N2CCN(C3CCCCC3)CC2)cc1. The third kappa shape index (κ3) is 4.72. The molecule has 3 rings (SSSR count). The molecule has 1 aromatic carbocycles. The highest BCUT2D eigenvalue weighted by Crippen LogP contribution is 2.23. The Morgan fingerprint density at radius 3 is 2.24 bits per heavy atom. The molecular formula is C19H27N3O3. The zero-order valence-electron chi connectivity index (χ0n) is 14.6. The molecule has 1 aliphatic heterocycles. The van der Waals surface area contributed by atoms with E-state index < -0.39 is 5.97 Å². The van der Waals surface area contributed by atoms with Crippen LogP contribution < -0.4 is 5.32 Å². The van der Waals surface area contributed by atoms with Crippen molar-refractivity contribution in [3.05, 3.63) is 35.4 Å². The van der Waals surface area contributed by atoms with Gasteiger partial charge in [0.05, 0.1) is 5.56 Å². The highest BCUT2D eigenvalue weighted by atomic mass is 16.4. The second-order valence-electron chi connectivity index (χ2n) is 6.98. The summed E-state index contributed by atoms with van der Waals surface area (Å²) < 4.78 is 0. The zero-order chi connectivity index (χ0) is 17.6. The van der Waals surface area contributed by atoms with Gasteiger partial charge in [-0.1, -0.05) is 31.4 Å². The average Bonchev–Trinajstić information content (AvgIpc) is 2.67. The van der Waals surface area contributed by atoms with E-state index in [-0.39, 0.29) is 11.6 Å². The van der Waals surface area contributed by atoms with E-state index in [4.69, 9.17) is 5.11 Å². The van der Waals surface area contributed by atoms with Gasteiger partial charge in [0.25, 0.3) is 0 Å². The van der Waals surface area contributed by atoms with Gasteiger partial charge in [0.15, 0.2) is 0 Å². The van der Waals surface area contributed by atoms with Gasteiger partial charge >= 0.3 is 12.0 Å². The number of nitrogens with one attached hydrogen (secondary N) is 1. The molecule has 6 nitrogen and oxygen atoms in total. The van der Waals surface area contributed by atoms with Crippen molar-refractivity contribution in [3.63, 3.8) is 0 Å². The molecule has 2 aliphatic rings. The first-order valence-electron chi connectivity index (χ1n) is 9.22. The monoisotopic (exact) mass is 345 g/mol. The van der Waals surface area contributed by atoms with E-state index in [1.54, 1.807) is 24.3 Å². The third-order valence-electron chi connectivity index (χ3n) is 5.34. The van der Waals surface area contributed by atoms with Crippen LogP contribution in [0.3, 0.4) is 0 Å². The number of hydrogen-bond acceptors (Lipinski definition) is 3. The minimum absolute atomic E-state index is 0.0365. The molecule has 2 amide bonds. The van der Waals surface area contributed by atoms with Crippen LogP contribution in [-0.2, 0) is 6.54 Å². The molecule has 0 unspecified atom stereocenters. The molecule has 1 saturated heterocycles. The van der Waals surface area contributed by atoms with Crippen molar-refractivity contribution in [3.8, 4) is 0 Å². The minimum Gasteiger partial charge on any atom is -0.478 e. The van der Waals surface area contributed by atoms with E-state index in [2.05, 4.69) is 10.2 Å².